The highest BCUT2D eigenvalue weighted by atomic mass is 16.5. The summed E-state index contributed by atoms with van der Waals surface area (Å²) in [5.74, 6) is 0.0274. The Morgan fingerprint density at radius 3 is 2.38 bits per heavy atom. The lowest BCUT2D eigenvalue weighted by Gasteiger charge is -2.04. The van der Waals surface area contributed by atoms with Crippen LogP contribution in [0, 0.1) is 0 Å². The molecule has 4 nitrogen and oxygen atoms in total. The van der Waals surface area contributed by atoms with Crippen molar-refractivity contribution in [3.8, 4) is 5.75 Å². The summed E-state index contributed by atoms with van der Waals surface area (Å²) < 4.78 is 5.28. The Morgan fingerprint density at radius 1 is 1.19 bits per heavy atom. The lowest BCUT2D eigenvalue weighted by Crippen LogP contribution is -2.21. The molecule has 16 heavy (non-hydrogen) atoms. The number of imide groups is 1. The molecule has 0 aromatic heterocycles. The molecule has 2 rings (SSSR count). The number of hydrogen-bond donors (Lipinski definition) is 1. The first-order valence-corrected chi connectivity index (χ1v) is 5.01. The van der Waals surface area contributed by atoms with Crippen molar-refractivity contribution in [2.24, 2.45) is 0 Å². The topological polar surface area (TPSA) is 55.4 Å². The predicted molar refractivity (Wildman–Crippen MR) is 58.7 cm³/mol. The average Bonchev–Trinajstić information content (AvgIpc) is 2.59. The SMILES string of the molecule is CCOc1ccc(C2=CC(=O)NC2=O)cc1. The van der Waals surface area contributed by atoms with Crippen LogP contribution in [0.5, 0.6) is 5.75 Å². The van der Waals surface area contributed by atoms with Gasteiger partial charge in [-0.05, 0) is 24.6 Å². The maximum atomic E-state index is 11.4. The van der Waals surface area contributed by atoms with Gasteiger partial charge in [0, 0.05) is 6.08 Å². The van der Waals surface area contributed by atoms with Gasteiger partial charge in [0.05, 0.1) is 12.2 Å². The van der Waals surface area contributed by atoms with Gasteiger partial charge in [0.25, 0.3) is 11.8 Å². The lowest BCUT2D eigenvalue weighted by atomic mass is 10.1. The Bertz CT molecular complexity index is 460. The molecule has 82 valence electrons. The number of rotatable bonds is 3. The molecule has 0 saturated carbocycles. The van der Waals surface area contributed by atoms with Gasteiger partial charge in [-0.1, -0.05) is 12.1 Å². The molecule has 1 aliphatic rings. The Morgan fingerprint density at radius 2 is 1.88 bits per heavy atom. The van der Waals surface area contributed by atoms with Crippen LogP contribution in [0.25, 0.3) is 5.57 Å². The van der Waals surface area contributed by atoms with Crippen molar-refractivity contribution >= 4 is 17.4 Å². The molecular weight excluding hydrogens is 206 g/mol. The van der Waals surface area contributed by atoms with Gasteiger partial charge in [-0.3, -0.25) is 14.9 Å². The number of nitrogens with one attached hydrogen (secondary N) is 1. The Balaban J connectivity index is 2.25. The monoisotopic (exact) mass is 217 g/mol. The van der Waals surface area contributed by atoms with Crippen LogP contribution in [0.3, 0.4) is 0 Å². The van der Waals surface area contributed by atoms with E-state index < -0.39 is 0 Å². The van der Waals surface area contributed by atoms with Crippen molar-refractivity contribution in [3.05, 3.63) is 35.9 Å². The molecule has 0 saturated heterocycles. The Kier molecular flexibility index (Phi) is 2.72. The van der Waals surface area contributed by atoms with Crippen LogP contribution < -0.4 is 10.1 Å². The summed E-state index contributed by atoms with van der Waals surface area (Å²) in [6.07, 6.45) is 1.30. The van der Waals surface area contributed by atoms with Crippen molar-refractivity contribution in [1.82, 2.24) is 5.32 Å². The van der Waals surface area contributed by atoms with Gasteiger partial charge in [-0.15, -0.1) is 0 Å². The number of hydrogen-bond acceptors (Lipinski definition) is 3. The molecule has 0 aliphatic carbocycles. The van der Waals surface area contributed by atoms with E-state index in [-0.39, 0.29) is 11.8 Å². The van der Waals surface area contributed by atoms with E-state index in [2.05, 4.69) is 5.32 Å². The molecule has 4 heteroatoms. The van der Waals surface area contributed by atoms with Crippen LogP contribution in [-0.4, -0.2) is 18.4 Å². The summed E-state index contributed by atoms with van der Waals surface area (Å²) in [5, 5.41) is 2.20. The number of amides is 2. The number of carbonyl (C=O) groups excluding carboxylic acids is 2. The molecule has 1 aromatic carbocycles. The van der Waals surface area contributed by atoms with Crippen molar-refractivity contribution in [2.75, 3.05) is 6.61 Å². The van der Waals surface area contributed by atoms with E-state index in [1.807, 2.05) is 6.92 Å². The molecule has 0 fully saturated rings. The molecule has 0 atom stereocenters. The molecular formula is C12H11NO3. The molecule has 1 N–H and O–H groups in total. The Hall–Kier alpha value is -2.10. The van der Waals surface area contributed by atoms with Crippen LogP contribution in [0.1, 0.15) is 12.5 Å². The minimum atomic E-state index is -0.367. The maximum absolute atomic E-state index is 11.4. The van der Waals surface area contributed by atoms with Crippen LogP contribution in [0.4, 0.5) is 0 Å². The van der Waals surface area contributed by atoms with Crippen LogP contribution in [-0.2, 0) is 9.59 Å². The molecule has 0 unspecified atom stereocenters. The highest BCUT2D eigenvalue weighted by molar-refractivity contribution is 6.33. The first-order chi connectivity index (χ1) is 7.70. The quantitative estimate of drug-likeness (QED) is 0.772. The summed E-state index contributed by atoms with van der Waals surface area (Å²) in [6.45, 7) is 2.50. The average molecular weight is 217 g/mol. The van der Waals surface area contributed by atoms with Gasteiger partial charge in [0.15, 0.2) is 0 Å². The van der Waals surface area contributed by atoms with E-state index in [1.54, 1.807) is 24.3 Å². The molecule has 2 amide bonds. The van der Waals surface area contributed by atoms with Gasteiger partial charge >= 0.3 is 0 Å². The lowest BCUT2D eigenvalue weighted by molar-refractivity contribution is -0.123. The Labute approximate surface area is 92.9 Å². The summed E-state index contributed by atoms with van der Waals surface area (Å²) >= 11 is 0. The van der Waals surface area contributed by atoms with E-state index in [4.69, 9.17) is 4.74 Å². The zero-order valence-electron chi connectivity index (χ0n) is 8.82. The fourth-order valence-electron chi connectivity index (χ4n) is 1.52. The second kappa shape index (κ2) is 4.18. The van der Waals surface area contributed by atoms with Crippen molar-refractivity contribution in [2.45, 2.75) is 6.92 Å². The summed E-state index contributed by atoms with van der Waals surface area (Å²) in [4.78, 5) is 22.3. The molecule has 0 radical (unpaired) electrons. The van der Waals surface area contributed by atoms with Gasteiger partial charge < -0.3 is 4.74 Å². The van der Waals surface area contributed by atoms with Crippen LogP contribution in [0.2, 0.25) is 0 Å². The first-order valence-electron chi connectivity index (χ1n) is 5.01. The number of benzene rings is 1. The van der Waals surface area contributed by atoms with Crippen molar-refractivity contribution in [1.29, 1.82) is 0 Å². The summed E-state index contributed by atoms with van der Waals surface area (Å²) in [5.41, 5.74) is 1.11. The van der Waals surface area contributed by atoms with E-state index in [0.717, 1.165) is 5.75 Å². The zero-order valence-corrected chi connectivity index (χ0v) is 8.82. The maximum Gasteiger partial charge on any atom is 0.258 e. The van der Waals surface area contributed by atoms with Gasteiger partial charge in [0.1, 0.15) is 5.75 Å². The standard InChI is InChI=1S/C12H11NO3/c1-2-16-9-5-3-8(4-6-9)10-7-11(14)13-12(10)15/h3-7H,2H2,1H3,(H,13,14,15). The normalized spacial score (nSPS) is 14.7. The van der Waals surface area contributed by atoms with E-state index in [0.29, 0.717) is 17.7 Å². The van der Waals surface area contributed by atoms with Gasteiger partial charge in [-0.25, -0.2) is 0 Å². The minimum absolute atomic E-state index is 0.353. The third kappa shape index (κ3) is 1.95. The third-order valence-corrected chi connectivity index (χ3v) is 2.23. The van der Waals surface area contributed by atoms with Crippen LogP contribution >= 0.6 is 0 Å². The van der Waals surface area contributed by atoms with Crippen LogP contribution in [0.15, 0.2) is 30.3 Å². The fourth-order valence-corrected chi connectivity index (χ4v) is 1.52. The fraction of sp³-hybridized carbons (Fsp3) is 0.167. The summed E-state index contributed by atoms with van der Waals surface area (Å²) in [6, 6.07) is 7.06. The van der Waals surface area contributed by atoms with Crippen molar-refractivity contribution < 1.29 is 14.3 Å². The molecule has 1 heterocycles. The first kappa shape index (κ1) is 10.4. The molecule has 0 bridgehead atoms. The van der Waals surface area contributed by atoms with E-state index in [9.17, 15) is 9.59 Å². The highest BCUT2D eigenvalue weighted by Crippen LogP contribution is 2.21. The zero-order chi connectivity index (χ0) is 11.5. The molecule has 1 aliphatic heterocycles. The van der Waals surface area contributed by atoms with E-state index >= 15 is 0 Å². The molecule has 0 spiro atoms. The molecule has 1 aromatic rings. The highest BCUT2D eigenvalue weighted by Gasteiger charge is 2.21. The summed E-state index contributed by atoms with van der Waals surface area (Å²) in [7, 11) is 0. The second-order valence-corrected chi connectivity index (χ2v) is 3.33. The minimum Gasteiger partial charge on any atom is -0.494 e. The van der Waals surface area contributed by atoms with E-state index in [1.165, 1.54) is 6.08 Å². The largest absolute Gasteiger partial charge is 0.494 e. The van der Waals surface area contributed by atoms with Gasteiger partial charge in [-0.2, -0.15) is 0 Å². The van der Waals surface area contributed by atoms with Crippen molar-refractivity contribution in [3.63, 3.8) is 0 Å². The smallest absolute Gasteiger partial charge is 0.258 e. The number of ether oxygens (including phenoxy) is 1. The third-order valence-electron chi connectivity index (χ3n) is 2.23. The number of carbonyl (C=O) groups is 2. The predicted octanol–water partition coefficient (Wildman–Crippen LogP) is 1.13. The second-order valence-electron chi connectivity index (χ2n) is 3.33. The van der Waals surface area contributed by atoms with Gasteiger partial charge in [0.2, 0.25) is 0 Å².